The van der Waals surface area contributed by atoms with Crippen molar-refractivity contribution in [2.75, 3.05) is 49.1 Å². The SMILES string of the molecule is NCC(=O)N1CCN(c2ccncc2CC(=O)c2nc(Cl)c(N)nc2N)CC1. The fourth-order valence-electron chi connectivity index (χ4n) is 3.09. The Bertz CT molecular complexity index is 899. The maximum Gasteiger partial charge on any atom is 0.236 e. The number of Topliss-reactive ketones (excluding diaryl/α,β-unsaturated/α-hetero) is 1. The van der Waals surface area contributed by atoms with E-state index in [0.717, 1.165) is 11.3 Å². The fourth-order valence-corrected chi connectivity index (χ4v) is 3.22. The van der Waals surface area contributed by atoms with E-state index in [1.165, 1.54) is 0 Å². The van der Waals surface area contributed by atoms with Crippen molar-refractivity contribution in [1.29, 1.82) is 0 Å². The largest absolute Gasteiger partial charge is 0.382 e. The number of nitrogens with two attached hydrogens (primary N) is 3. The number of anilines is 3. The minimum atomic E-state index is -0.335. The van der Waals surface area contributed by atoms with Crippen LogP contribution in [0.2, 0.25) is 5.15 Å². The van der Waals surface area contributed by atoms with E-state index in [2.05, 4.69) is 19.9 Å². The van der Waals surface area contributed by atoms with Crippen molar-refractivity contribution in [2.45, 2.75) is 6.42 Å². The predicted octanol–water partition coefficient (Wildman–Crippen LogP) is -0.278. The number of pyridine rings is 1. The van der Waals surface area contributed by atoms with Crippen molar-refractivity contribution in [2.24, 2.45) is 5.73 Å². The number of piperazine rings is 1. The van der Waals surface area contributed by atoms with Crippen molar-refractivity contribution in [3.05, 3.63) is 34.9 Å². The van der Waals surface area contributed by atoms with Crippen LogP contribution in [0.15, 0.2) is 18.5 Å². The van der Waals surface area contributed by atoms with Gasteiger partial charge in [-0.15, -0.1) is 0 Å². The molecule has 2 aromatic rings. The van der Waals surface area contributed by atoms with Gasteiger partial charge in [-0.2, -0.15) is 0 Å². The second-order valence-corrected chi connectivity index (χ2v) is 6.67. The fraction of sp³-hybridized carbons (Fsp3) is 0.353. The summed E-state index contributed by atoms with van der Waals surface area (Å²) in [7, 11) is 0. The molecule has 148 valence electrons. The molecule has 0 bridgehead atoms. The first-order valence-electron chi connectivity index (χ1n) is 8.68. The molecular formula is C17H21ClN8O2. The van der Waals surface area contributed by atoms with E-state index in [9.17, 15) is 9.59 Å². The van der Waals surface area contributed by atoms with Crippen LogP contribution in [0.25, 0.3) is 0 Å². The van der Waals surface area contributed by atoms with Gasteiger partial charge >= 0.3 is 0 Å². The second-order valence-electron chi connectivity index (χ2n) is 6.31. The van der Waals surface area contributed by atoms with Crippen LogP contribution in [0.1, 0.15) is 16.1 Å². The zero-order valence-electron chi connectivity index (χ0n) is 15.1. The molecule has 0 radical (unpaired) electrons. The van der Waals surface area contributed by atoms with Gasteiger partial charge in [-0.1, -0.05) is 11.6 Å². The summed E-state index contributed by atoms with van der Waals surface area (Å²) in [4.78, 5) is 40.2. The summed E-state index contributed by atoms with van der Waals surface area (Å²) >= 11 is 5.87. The van der Waals surface area contributed by atoms with Crippen LogP contribution in [0.5, 0.6) is 0 Å². The van der Waals surface area contributed by atoms with E-state index >= 15 is 0 Å². The van der Waals surface area contributed by atoms with Crippen molar-refractivity contribution in [1.82, 2.24) is 19.9 Å². The molecule has 1 saturated heterocycles. The van der Waals surface area contributed by atoms with Crippen molar-refractivity contribution in [3.63, 3.8) is 0 Å². The summed E-state index contributed by atoms with van der Waals surface area (Å²) in [5, 5.41) is -0.0651. The van der Waals surface area contributed by atoms with Crippen LogP contribution in [0.3, 0.4) is 0 Å². The number of halogens is 1. The summed E-state index contributed by atoms with van der Waals surface area (Å²) < 4.78 is 0. The molecule has 0 aliphatic carbocycles. The summed E-state index contributed by atoms with van der Waals surface area (Å²) in [5.74, 6) is -0.494. The Morgan fingerprint density at radius 2 is 1.82 bits per heavy atom. The molecule has 10 nitrogen and oxygen atoms in total. The molecular weight excluding hydrogens is 384 g/mol. The molecule has 3 rings (SSSR count). The number of nitrogens with zero attached hydrogens (tertiary/aromatic N) is 5. The van der Waals surface area contributed by atoms with Crippen molar-refractivity contribution < 1.29 is 9.59 Å². The van der Waals surface area contributed by atoms with Gasteiger partial charge < -0.3 is 27.0 Å². The Morgan fingerprint density at radius 1 is 1.11 bits per heavy atom. The Balaban J connectivity index is 1.77. The maximum absolute atomic E-state index is 12.7. The lowest BCUT2D eigenvalue weighted by atomic mass is 10.1. The van der Waals surface area contributed by atoms with Crippen LogP contribution in [-0.2, 0) is 11.2 Å². The van der Waals surface area contributed by atoms with Gasteiger partial charge in [0, 0.05) is 56.2 Å². The monoisotopic (exact) mass is 404 g/mol. The van der Waals surface area contributed by atoms with Crippen molar-refractivity contribution >= 4 is 40.6 Å². The van der Waals surface area contributed by atoms with Gasteiger partial charge in [0.1, 0.15) is 0 Å². The van der Waals surface area contributed by atoms with Gasteiger partial charge in [0.05, 0.1) is 6.54 Å². The molecule has 0 aromatic carbocycles. The van der Waals surface area contributed by atoms with E-state index in [1.54, 1.807) is 17.3 Å². The minimum absolute atomic E-state index is 0.00160. The van der Waals surface area contributed by atoms with Gasteiger partial charge in [-0.05, 0) is 6.07 Å². The van der Waals surface area contributed by atoms with Gasteiger partial charge in [0.2, 0.25) is 5.91 Å². The average molecular weight is 405 g/mol. The number of carbonyl (C=O) groups excluding carboxylic acids is 2. The molecule has 11 heteroatoms. The summed E-state index contributed by atoms with van der Waals surface area (Å²) in [6.45, 7) is 2.40. The summed E-state index contributed by atoms with van der Waals surface area (Å²) in [5.41, 5.74) is 18.3. The van der Waals surface area contributed by atoms with Crippen LogP contribution in [0.4, 0.5) is 17.3 Å². The maximum atomic E-state index is 12.7. The lowest BCUT2D eigenvalue weighted by Gasteiger charge is -2.36. The molecule has 2 aromatic heterocycles. The number of rotatable bonds is 5. The first-order valence-corrected chi connectivity index (χ1v) is 9.06. The van der Waals surface area contributed by atoms with Crippen LogP contribution in [0, 0.1) is 0 Å². The number of carbonyl (C=O) groups is 2. The van der Waals surface area contributed by atoms with Gasteiger partial charge in [-0.25, -0.2) is 9.97 Å². The standard InChI is InChI=1S/C17H21ClN8O2/c18-15-17(21)24-16(20)14(23-15)12(27)7-10-9-22-2-1-11(10)25-3-5-26(6-4-25)13(28)8-19/h1-2,9H,3-8,19H2,(H4,20,21,24). The lowest BCUT2D eigenvalue weighted by Crippen LogP contribution is -2.50. The van der Waals surface area contributed by atoms with E-state index in [1.807, 2.05) is 6.07 Å². The molecule has 1 fully saturated rings. The third-order valence-electron chi connectivity index (χ3n) is 4.55. The Labute approximate surface area is 166 Å². The Hall–Kier alpha value is -2.98. The molecule has 0 atom stereocenters. The number of ketones is 1. The van der Waals surface area contributed by atoms with Gasteiger partial charge in [0.25, 0.3) is 0 Å². The molecule has 0 unspecified atom stereocenters. The van der Waals surface area contributed by atoms with E-state index in [4.69, 9.17) is 28.8 Å². The first kappa shape index (κ1) is 19.8. The van der Waals surface area contributed by atoms with Crippen molar-refractivity contribution in [3.8, 4) is 0 Å². The molecule has 6 N–H and O–H groups in total. The quantitative estimate of drug-likeness (QED) is 0.570. The number of hydrogen-bond donors (Lipinski definition) is 3. The molecule has 3 heterocycles. The topological polar surface area (TPSA) is 157 Å². The van der Waals surface area contributed by atoms with Gasteiger partial charge in [-0.3, -0.25) is 14.6 Å². The number of aromatic nitrogens is 3. The highest BCUT2D eigenvalue weighted by Gasteiger charge is 2.23. The first-order chi connectivity index (χ1) is 13.4. The Kier molecular flexibility index (Phi) is 5.90. The lowest BCUT2D eigenvalue weighted by molar-refractivity contribution is -0.129. The van der Waals surface area contributed by atoms with Gasteiger partial charge in [0.15, 0.2) is 28.3 Å². The summed E-state index contributed by atoms with van der Waals surface area (Å²) in [6, 6.07) is 1.84. The number of nitrogen functional groups attached to an aromatic ring is 2. The number of hydrogen-bond acceptors (Lipinski definition) is 9. The molecule has 1 amide bonds. The number of amides is 1. The zero-order chi connectivity index (χ0) is 20.3. The zero-order valence-corrected chi connectivity index (χ0v) is 15.9. The van der Waals surface area contributed by atoms with Crippen LogP contribution in [-0.4, -0.2) is 64.3 Å². The molecule has 0 spiro atoms. The predicted molar refractivity (Wildman–Crippen MR) is 106 cm³/mol. The minimum Gasteiger partial charge on any atom is -0.382 e. The highest BCUT2D eigenvalue weighted by atomic mass is 35.5. The Morgan fingerprint density at radius 3 is 2.50 bits per heavy atom. The van der Waals surface area contributed by atoms with E-state index < -0.39 is 0 Å². The summed E-state index contributed by atoms with van der Waals surface area (Å²) in [6.07, 6.45) is 3.33. The molecule has 28 heavy (non-hydrogen) atoms. The van der Waals surface area contributed by atoms with Crippen LogP contribution < -0.4 is 22.1 Å². The highest BCUT2D eigenvalue weighted by Crippen LogP contribution is 2.24. The smallest absolute Gasteiger partial charge is 0.236 e. The normalized spacial score (nSPS) is 14.2. The second kappa shape index (κ2) is 8.36. The highest BCUT2D eigenvalue weighted by molar-refractivity contribution is 6.31. The van der Waals surface area contributed by atoms with Crippen LogP contribution >= 0.6 is 11.6 Å². The third-order valence-corrected chi connectivity index (χ3v) is 4.82. The molecule has 1 aliphatic rings. The molecule has 1 aliphatic heterocycles. The van der Waals surface area contributed by atoms with E-state index in [0.29, 0.717) is 26.2 Å². The van der Waals surface area contributed by atoms with E-state index in [-0.39, 0.29) is 47.1 Å². The average Bonchev–Trinajstić information content (AvgIpc) is 2.70. The molecule has 0 saturated carbocycles. The third kappa shape index (κ3) is 4.12.